The average molecular weight is 263 g/mol. The Balaban J connectivity index is 2.63. The lowest BCUT2D eigenvalue weighted by Gasteiger charge is -2.03. The van der Waals surface area contributed by atoms with Gasteiger partial charge in [0.2, 0.25) is 0 Å². The first kappa shape index (κ1) is 13.0. The molecule has 96 valence electrons. The van der Waals surface area contributed by atoms with Crippen LogP contribution in [-0.4, -0.2) is 21.4 Å². The molecule has 0 fully saturated rings. The summed E-state index contributed by atoms with van der Waals surface area (Å²) in [5, 5.41) is 10.3. The van der Waals surface area contributed by atoms with Crippen LogP contribution in [0.4, 0.5) is 0 Å². The Labute approximate surface area is 111 Å². The van der Waals surface area contributed by atoms with Crippen LogP contribution >= 0.6 is 11.8 Å². The summed E-state index contributed by atoms with van der Waals surface area (Å²) in [6.07, 6.45) is 2.08. The second-order valence-corrected chi connectivity index (χ2v) is 5.36. The van der Waals surface area contributed by atoms with Gasteiger partial charge in [0.25, 0.3) is 0 Å². The molecule has 1 N–H and O–H groups in total. The van der Waals surface area contributed by atoms with E-state index in [0.29, 0.717) is 5.56 Å². The van der Waals surface area contributed by atoms with E-state index >= 15 is 0 Å². The van der Waals surface area contributed by atoms with E-state index in [4.69, 9.17) is 0 Å². The van der Waals surface area contributed by atoms with Gasteiger partial charge in [0.05, 0.1) is 11.1 Å². The lowest BCUT2D eigenvalue weighted by Crippen LogP contribution is -2.01. The molecule has 0 aliphatic rings. The van der Waals surface area contributed by atoms with Crippen molar-refractivity contribution in [1.82, 2.24) is 4.57 Å². The molecule has 0 radical (unpaired) electrons. The molecule has 0 aliphatic heterocycles. The molecule has 0 amide bonds. The highest BCUT2D eigenvalue weighted by molar-refractivity contribution is 7.98. The molecular formula is C14H17NO2S. The van der Waals surface area contributed by atoms with Gasteiger partial charge in [0, 0.05) is 23.9 Å². The molecule has 1 aromatic heterocycles. The van der Waals surface area contributed by atoms with Gasteiger partial charge in [0.1, 0.15) is 0 Å². The van der Waals surface area contributed by atoms with Crippen molar-refractivity contribution in [3.63, 3.8) is 0 Å². The van der Waals surface area contributed by atoms with E-state index in [9.17, 15) is 9.90 Å². The summed E-state index contributed by atoms with van der Waals surface area (Å²) in [5.41, 5.74) is 2.46. The zero-order valence-corrected chi connectivity index (χ0v) is 11.5. The molecule has 0 saturated heterocycles. The second-order valence-electron chi connectivity index (χ2n) is 4.08. The van der Waals surface area contributed by atoms with E-state index in [0.717, 1.165) is 29.0 Å². The highest BCUT2D eigenvalue weighted by atomic mass is 32.2. The third-order valence-electron chi connectivity index (χ3n) is 3.01. The number of carboxylic acid groups (broad SMARTS) is 1. The molecule has 1 heterocycles. The third-order valence-corrected chi connectivity index (χ3v) is 3.94. The van der Waals surface area contributed by atoms with Crippen LogP contribution in [0.2, 0.25) is 0 Å². The van der Waals surface area contributed by atoms with Crippen molar-refractivity contribution in [1.29, 1.82) is 0 Å². The summed E-state index contributed by atoms with van der Waals surface area (Å²) in [7, 11) is 0. The maximum atomic E-state index is 11.3. The number of para-hydroxylation sites is 1. The average Bonchev–Trinajstić information content (AvgIpc) is 2.74. The number of rotatable bonds is 5. The van der Waals surface area contributed by atoms with Gasteiger partial charge >= 0.3 is 5.97 Å². The van der Waals surface area contributed by atoms with Crippen molar-refractivity contribution in [2.24, 2.45) is 0 Å². The van der Waals surface area contributed by atoms with Crippen molar-refractivity contribution in [3.8, 4) is 0 Å². The minimum Gasteiger partial charge on any atom is -0.478 e. The Hall–Kier alpha value is -1.42. The normalized spacial score (nSPS) is 11.0. The fraction of sp³-hybridized carbons (Fsp3) is 0.357. The fourth-order valence-corrected chi connectivity index (χ4v) is 2.84. The summed E-state index contributed by atoms with van der Waals surface area (Å²) in [6.45, 7) is 4.96. The van der Waals surface area contributed by atoms with Gasteiger partial charge in [-0.15, -0.1) is 0 Å². The van der Waals surface area contributed by atoms with Gasteiger partial charge in [-0.3, -0.25) is 0 Å². The summed E-state index contributed by atoms with van der Waals surface area (Å²) < 4.78 is 2.03. The third kappa shape index (κ3) is 2.25. The number of hydrogen-bond donors (Lipinski definition) is 1. The number of nitrogens with zero attached hydrogens (tertiary/aromatic N) is 1. The number of benzene rings is 1. The molecule has 0 aliphatic carbocycles. The molecule has 1 aromatic carbocycles. The van der Waals surface area contributed by atoms with Crippen molar-refractivity contribution < 1.29 is 9.90 Å². The van der Waals surface area contributed by atoms with Crippen molar-refractivity contribution in [2.75, 3.05) is 5.75 Å². The van der Waals surface area contributed by atoms with Crippen molar-refractivity contribution in [3.05, 3.63) is 35.5 Å². The first-order valence-corrected chi connectivity index (χ1v) is 7.26. The van der Waals surface area contributed by atoms with E-state index in [1.165, 1.54) is 5.56 Å². The van der Waals surface area contributed by atoms with Gasteiger partial charge in [-0.05, 0) is 24.3 Å². The zero-order valence-electron chi connectivity index (χ0n) is 10.6. The molecule has 2 rings (SSSR count). The molecule has 0 saturated carbocycles. The maximum Gasteiger partial charge on any atom is 0.337 e. The standard InChI is InChI=1S/C14H17NO2S/c1-3-15-8-10(9-18-4-2)11-6-5-7-12(13(11)15)14(16)17/h5-8H,3-4,9H2,1-2H3,(H,16,17). The summed E-state index contributed by atoms with van der Waals surface area (Å²) in [5.74, 6) is 1.14. The fourth-order valence-electron chi connectivity index (χ4n) is 2.18. The monoisotopic (exact) mass is 263 g/mol. The second kappa shape index (κ2) is 5.48. The molecule has 2 aromatic rings. The Morgan fingerprint density at radius 2 is 2.17 bits per heavy atom. The minimum atomic E-state index is -0.858. The number of hydrogen-bond acceptors (Lipinski definition) is 2. The maximum absolute atomic E-state index is 11.3. The number of carboxylic acids is 1. The Morgan fingerprint density at radius 3 is 2.78 bits per heavy atom. The lowest BCUT2D eigenvalue weighted by molar-refractivity contribution is 0.0698. The van der Waals surface area contributed by atoms with Gasteiger partial charge < -0.3 is 9.67 Å². The molecule has 4 heteroatoms. The van der Waals surface area contributed by atoms with Crippen LogP contribution in [-0.2, 0) is 12.3 Å². The quantitative estimate of drug-likeness (QED) is 0.896. The van der Waals surface area contributed by atoms with E-state index in [1.54, 1.807) is 6.07 Å². The van der Waals surface area contributed by atoms with Gasteiger partial charge in [-0.2, -0.15) is 11.8 Å². The Morgan fingerprint density at radius 1 is 1.39 bits per heavy atom. The summed E-state index contributed by atoms with van der Waals surface area (Å²) in [6, 6.07) is 5.51. The molecule has 0 unspecified atom stereocenters. The van der Waals surface area contributed by atoms with Crippen LogP contribution in [0.5, 0.6) is 0 Å². The highest BCUT2D eigenvalue weighted by Gasteiger charge is 2.15. The summed E-state index contributed by atoms with van der Waals surface area (Å²) in [4.78, 5) is 11.3. The topological polar surface area (TPSA) is 42.2 Å². The van der Waals surface area contributed by atoms with Crippen LogP contribution in [0.3, 0.4) is 0 Å². The minimum absolute atomic E-state index is 0.391. The molecule has 18 heavy (non-hydrogen) atoms. The number of aryl methyl sites for hydroxylation is 1. The molecule has 3 nitrogen and oxygen atoms in total. The van der Waals surface area contributed by atoms with Crippen LogP contribution < -0.4 is 0 Å². The van der Waals surface area contributed by atoms with Crippen LogP contribution in [0.1, 0.15) is 29.8 Å². The molecular weight excluding hydrogens is 246 g/mol. The van der Waals surface area contributed by atoms with Crippen molar-refractivity contribution in [2.45, 2.75) is 26.1 Å². The number of thioether (sulfide) groups is 1. The van der Waals surface area contributed by atoms with Crippen LogP contribution in [0.15, 0.2) is 24.4 Å². The molecule has 0 spiro atoms. The first-order valence-electron chi connectivity index (χ1n) is 6.10. The number of fused-ring (bicyclic) bond motifs is 1. The van der Waals surface area contributed by atoms with Crippen LogP contribution in [0.25, 0.3) is 10.9 Å². The Kier molecular flexibility index (Phi) is 3.97. The van der Waals surface area contributed by atoms with E-state index < -0.39 is 5.97 Å². The highest BCUT2D eigenvalue weighted by Crippen LogP contribution is 2.27. The molecule has 0 bridgehead atoms. The van der Waals surface area contributed by atoms with Crippen molar-refractivity contribution >= 4 is 28.6 Å². The van der Waals surface area contributed by atoms with E-state index in [-0.39, 0.29) is 0 Å². The zero-order chi connectivity index (χ0) is 13.1. The number of aromatic carboxylic acids is 1. The van der Waals surface area contributed by atoms with Crippen LogP contribution in [0, 0.1) is 0 Å². The van der Waals surface area contributed by atoms with E-state index in [2.05, 4.69) is 13.1 Å². The molecule has 0 atom stereocenters. The number of carbonyl (C=O) groups is 1. The predicted octanol–water partition coefficient (Wildman–Crippen LogP) is 3.61. The lowest BCUT2D eigenvalue weighted by atomic mass is 10.1. The van der Waals surface area contributed by atoms with Gasteiger partial charge in [-0.25, -0.2) is 4.79 Å². The predicted molar refractivity (Wildman–Crippen MR) is 76.4 cm³/mol. The van der Waals surface area contributed by atoms with Gasteiger partial charge in [-0.1, -0.05) is 19.1 Å². The van der Waals surface area contributed by atoms with Gasteiger partial charge in [0.15, 0.2) is 0 Å². The summed E-state index contributed by atoms with van der Waals surface area (Å²) >= 11 is 1.85. The smallest absolute Gasteiger partial charge is 0.337 e. The number of aromatic nitrogens is 1. The largest absolute Gasteiger partial charge is 0.478 e. The van der Waals surface area contributed by atoms with E-state index in [1.807, 2.05) is 35.4 Å². The SMILES string of the molecule is CCSCc1cn(CC)c2c(C(=O)O)cccc12. The Bertz CT molecular complexity index is 574. The first-order chi connectivity index (χ1) is 8.69.